The highest BCUT2D eigenvalue weighted by atomic mass is 35.5. The normalized spacial score (nSPS) is 15.0. The molecule has 0 saturated heterocycles. The first-order chi connectivity index (χ1) is 12.9. The van der Waals surface area contributed by atoms with E-state index in [1.807, 2.05) is 11.0 Å². The van der Waals surface area contributed by atoms with Gasteiger partial charge in [0.25, 0.3) is 11.3 Å². The molecular weight excluding hydrogens is 362 g/mol. The molecule has 0 unspecified atom stereocenters. The molecule has 1 aromatic carbocycles. The summed E-state index contributed by atoms with van der Waals surface area (Å²) in [5.41, 5.74) is 5.45. The quantitative estimate of drug-likeness (QED) is 0.633. The van der Waals surface area contributed by atoms with Crippen molar-refractivity contribution in [3.63, 3.8) is 0 Å². The number of hydrogen-bond acceptors (Lipinski definition) is 3. The summed E-state index contributed by atoms with van der Waals surface area (Å²) in [5, 5.41) is 0.0950. The van der Waals surface area contributed by atoms with Crippen LogP contribution in [0.5, 0.6) is 0 Å². The van der Waals surface area contributed by atoms with E-state index in [0.717, 1.165) is 12.8 Å². The maximum absolute atomic E-state index is 13.4. The molecular formula is C21H24ClN3O2. The van der Waals surface area contributed by atoms with Gasteiger partial charge >= 0.3 is 0 Å². The van der Waals surface area contributed by atoms with Crippen molar-refractivity contribution in [1.82, 2.24) is 14.5 Å². The predicted molar refractivity (Wildman–Crippen MR) is 106 cm³/mol. The van der Waals surface area contributed by atoms with Crippen molar-refractivity contribution in [3.05, 3.63) is 52.1 Å². The van der Waals surface area contributed by atoms with Gasteiger partial charge < -0.3 is 13.9 Å². The maximum atomic E-state index is 13.4. The smallest absolute Gasteiger partial charge is 0.293 e. The second-order valence-corrected chi connectivity index (χ2v) is 7.80. The van der Waals surface area contributed by atoms with Gasteiger partial charge in [-0.15, -0.1) is 0 Å². The monoisotopic (exact) mass is 385 g/mol. The molecule has 1 aliphatic carbocycles. The summed E-state index contributed by atoms with van der Waals surface area (Å²) in [7, 11) is 2.07. The highest BCUT2D eigenvalue weighted by Gasteiger charge is 2.29. The van der Waals surface area contributed by atoms with Gasteiger partial charge in [-0.2, -0.15) is 4.98 Å². The van der Waals surface area contributed by atoms with Gasteiger partial charge in [0.2, 0.25) is 0 Å². The third-order valence-electron chi connectivity index (χ3n) is 5.86. The molecule has 0 N–H and O–H groups in total. The van der Waals surface area contributed by atoms with Crippen LogP contribution in [0.1, 0.15) is 53.0 Å². The van der Waals surface area contributed by atoms with E-state index in [1.54, 1.807) is 12.1 Å². The molecule has 1 saturated carbocycles. The molecule has 0 spiro atoms. The van der Waals surface area contributed by atoms with Gasteiger partial charge in [-0.1, -0.05) is 12.8 Å². The number of hydrogen-bond donors (Lipinski definition) is 0. The summed E-state index contributed by atoms with van der Waals surface area (Å²) in [6, 6.07) is 7.83. The lowest BCUT2D eigenvalue weighted by Gasteiger charge is -2.29. The van der Waals surface area contributed by atoms with Gasteiger partial charge in [0, 0.05) is 36.6 Å². The average molecular weight is 386 g/mol. The maximum Gasteiger partial charge on any atom is 0.293 e. The minimum atomic E-state index is 0.0391. The third kappa shape index (κ3) is 3.36. The first-order valence-corrected chi connectivity index (χ1v) is 9.80. The molecule has 0 aliphatic heterocycles. The molecule has 0 bridgehead atoms. The first-order valence-electron chi connectivity index (χ1n) is 9.43. The van der Waals surface area contributed by atoms with E-state index in [-0.39, 0.29) is 17.3 Å². The Hall–Kier alpha value is -2.27. The van der Waals surface area contributed by atoms with E-state index < -0.39 is 0 Å². The summed E-state index contributed by atoms with van der Waals surface area (Å²) in [6.07, 6.45) is 4.48. The van der Waals surface area contributed by atoms with E-state index >= 15 is 0 Å². The summed E-state index contributed by atoms with van der Waals surface area (Å²) in [5.74, 6) is 0.0391. The molecule has 0 atom stereocenters. The zero-order chi connectivity index (χ0) is 19.1. The molecule has 4 rings (SSSR count). The highest BCUT2D eigenvalue weighted by Crippen LogP contribution is 2.29. The number of nitrogens with zero attached hydrogens (tertiary/aromatic N) is 3. The molecule has 27 heavy (non-hydrogen) atoms. The number of amides is 1. The van der Waals surface area contributed by atoms with Crippen molar-refractivity contribution >= 4 is 28.6 Å². The van der Waals surface area contributed by atoms with Crippen LogP contribution in [0.3, 0.4) is 0 Å². The van der Waals surface area contributed by atoms with Gasteiger partial charge in [0.15, 0.2) is 5.58 Å². The van der Waals surface area contributed by atoms with Crippen molar-refractivity contribution < 1.29 is 9.21 Å². The number of fused-ring (bicyclic) bond motifs is 1. The van der Waals surface area contributed by atoms with Crippen molar-refractivity contribution in [3.8, 4) is 0 Å². The van der Waals surface area contributed by atoms with Crippen LogP contribution < -0.4 is 0 Å². The molecule has 2 heterocycles. The van der Waals surface area contributed by atoms with Gasteiger partial charge in [-0.05, 0) is 68.1 Å². The van der Waals surface area contributed by atoms with Crippen molar-refractivity contribution in [1.29, 1.82) is 0 Å². The topological polar surface area (TPSA) is 51.3 Å². The van der Waals surface area contributed by atoms with E-state index in [4.69, 9.17) is 16.0 Å². The van der Waals surface area contributed by atoms with Crippen LogP contribution in [0.25, 0.3) is 11.1 Å². The minimum Gasteiger partial charge on any atom is -0.428 e. The van der Waals surface area contributed by atoms with Crippen LogP contribution in [0, 0.1) is 13.8 Å². The summed E-state index contributed by atoms with van der Waals surface area (Å²) < 4.78 is 7.58. The zero-order valence-corrected chi connectivity index (χ0v) is 16.7. The number of carbonyl (C=O) groups excluding carboxylic acids is 1. The molecule has 2 aromatic heterocycles. The Labute approximate surface area is 163 Å². The third-order valence-corrected chi connectivity index (χ3v) is 6.02. The summed E-state index contributed by atoms with van der Waals surface area (Å²) in [4.78, 5) is 19.5. The number of carbonyl (C=O) groups is 1. The van der Waals surface area contributed by atoms with E-state index in [2.05, 4.69) is 36.5 Å². The van der Waals surface area contributed by atoms with Gasteiger partial charge in [-0.3, -0.25) is 4.79 Å². The molecule has 0 radical (unpaired) electrons. The number of aromatic nitrogens is 2. The number of halogens is 1. The van der Waals surface area contributed by atoms with Crippen LogP contribution in [0.4, 0.5) is 0 Å². The summed E-state index contributed by atoms with van der Waals surface area (Å²) >= 11 is 5.85. The van der Waals surface area contributed by atoms with E-state index in [9.17, 15) is 4.79 Å². The van der Waals surface area contributed by atoms with Crippen molar-refractivity contribution in [2.75, 3.05) is 0 Å². The van der Waals surface area contributed by atoms with Crippen LogP contribution in [-0.2, 0) is 13.6 Å². The molecule has 3 aromatic rings. The lowest BCUT2D eigenvalue weighted by molar-refractivity contribution is 0.0664. The molecule has 1 fully saturated rings. The number of benzene rings is 1. The Morgan fingerprint density at radius 2 is 2.04 bits per heavy atom. The zero-order valence-electron chi connectivity index (χ0n) is 16.0. The summed E-state index contributed by atoms with van der Waals surface area (Å²) in [6.45, 7) is 4.84. The van der Waals surface area contributed by atoms with Crippen LogP contribution >= 0.6 is 11.6 Å². The van der Waals surface area contributed by atoms with E-state index in [0.29, 0.717) is 23.2 Å². The molecule has 5 nitrogen and oxygen atoms in total. The van der Waals surface area contributed by atoms with Gasteiger partial charge in [-0.25, -0.2) is 0 Å². The number of rotatable bonds is 4. The average Bonchev–Trinajstić information content (AvgIpc) is 3.35. The van der Waals surface area contributed by atoms with Gasteiger partial charge in [0.1, 0.15) is 5.52 Å². The Kier molecular flexibility index (Phi) is 4.72. The molecule has 142 valence electrons. The Morgan fingerprint density at radius 3 is 2.70 bits per heavy atom. The first kappa shape index (κ1) is 18.1. The Bertz CT molecular complexity index is 998. The van der Waals surface area contributed by atoms with Crippen LogP contribution in [0.15, 0.2) is 28.7 Å². The van der Waals surface area contributed by atoms with Crippen LogP contribution in [-0.4, -0.2) is 26.4 Å². The molecule has 1 aliphatic rings. The minimum absolute atomic E-state index is 0.0391. The van der Waals surface area contributed by atoms with Crippen molar-refractivity contribution in [2.45, 2.75) is 52.1 Å². The SMILES string of the molecule is Cc1cc(CN(C(=O)c2ccc3nc(Cl)oc3c2)C2CCCC2)c(C)n1C. The lowest BCUT2D eigenvalue weighted by atomic mass is 10.1. The van der Waals surface area contributed by atoms with E-state index in [1.165, 1.54) is 29.8 Å². The lowest BCUT2D eigenvalue weighted by Crippen LogP contribution is -2.38. The second kappa shape index (κ2) is 7.04. The number of oxazole rings is 1. The fourth-order valence-electron chi connectivity index (χ4n) is 4.05. The molecule has 6 heteroatoms. The Morgan fingerprint density at radius 1 is 1.30 bits per heavy atom. The highest BCUT2D eigenvalue weighted by molar-refractivity contribution is 6.28. The fourth-order valence-corrected chi connectivity index (χ4v) is 4.23. The predicted octanol–water partition coefficient (Wildman–Crippen LogP) is 5.02. The standard InChI is InChI=1S/C21H24ClN3O2/c1-13-10-16(14(2)24(13)3)12-25(17-6-4-5-7-17)20(26)15-8-9-18-19(11-15)27-21(22)23-18/h8-11,17H,4-7,12H2,1-3H3. The van der Waals surface area contributed by atoms with Crippen LogP contribution in [0.2, 0.25) is 5.35 Å². The largest absolute Gasteiger partial charge is 0.428 e. The second-order valence-electron chi connectivity index (χ2n) is 7.48. The molecule has 1 amide bonds. The van der Waals surface area contributed by atoms with Gasteiger partial charge in [0.05, 0.1) is 0 Å². The Balaban J connectivity index is 1.68. The fraction of sp³-hybridized carbons (Fsp3) is 0.429. The van der Waals surface area contributed by atoms with Crippen molar-refractivity contribution in [2.24, 2.45) is 7.05 Å². The number of aryl methyl sites for hydroxylation is 1.